The van der Waals surface area contributed by atoms with Crippen molar-refractivity contribution in [3.8, 4) is 0 Å². The molecule has 4 nitrogen and oxygen atoms in total. The third kappa shape index (κ3) is 4.17. The third-order valence-electron chi connectivity index (χ3n) is 1.92. The van der Waals surface area contributed by atoms with Gasteiger partial charge in [0.2, 0.25) is 0 Å². The van der Waals surface area contributed by atoms with Gasteiger partial charge in [0.1, 0.15) is 0 Å². The van der Waals surface area contributed by atoms with E-state index in [1.165, 1.54) is 0 Å². The first-order valence-electron chi connectivity index (χ1n) is 4.97. The Bertz CT molecular complexity index is 214. The Balaban J connectivity index is 5.43. The summed E-state index contributed by atoms with van der Waals surface area (Å²) in [6.45, 7) is 0. The van der Waals surface area contributed by atoms with Gasteiger partial charge in [-0.05, 0) is 5.73 Å². The summed E-state index contributed by atoms with van der Waals surface area (Å²) in [5.41, 5.74) is 3.39. The minimum absolute atomic E-state index is 1.05. The van der Waals surface area contributed by atoms with Gasteiger partial charge in [0.05, 0.1) is 0 Å². The standard InChI is InChI=1S/C11H24N4/c1-12(2)10(13(3)4)9-11(14(5)6)15(7)8/h1-8H3. The molecule has 0 aromatic heterocycles. The van der Waals surface area contributed by atoms with E-state index in [2.05, 4.69) is 5.73 Å². The van der Waals surface area contributed by atoms with E-state index in [1.54, 1.807) is 0 Å². The molecule has 4 heteroatoms. The number of rotatable bonds is 4. The van der Waals surface area contributed by atoms with E-state index in [0.29, 0.717) is 0 Å². The zero-order valence-electron chi connectivity index (χ0n) is 11.3. The maximum Gasteiger partial charge on any atom is 0.152 e. The maximum absolute atomic E-state index is 3.39. The molecular formula is C11H24N4. The molecule has 0 spiro atoms. The molecule has 0 radical (unpaired) electrons. The van der Waals surface area contributed by atoms with E-state index in [1.807, 2.05) is 76.0 Å². The molecule has 0 aliphatic heterocycles. The Hall–Kier alpha value is -1.28. The number of hydrogen-bond donors (Lipinski definition) is 0. The van der Waals surface area contributed by atoms with Crippen LogP contribution in [0.2, 0.25) is 0 Å². The van der Waals surface area contributed by atoms with E-state index in [4.69, 9.17) is 0 Å². The Morgan fingerprint density at radius 1 is 0.533 bits per heavy atom. The highest BCUT2D eigenvalue weighted by atomic mass is 15.3. The third-order valence-corrected chi connectivity index (χ3v) is 1.92. The molecule has 88 valence electrons. The monoisotopic (exact) mass is 212 g/mol. The Labute approximate surface area is 94.0 Å². The highest BCUT2D eigenvalue weighted by Gasteiger charge is 2.05. The van der Waals surface area contributed by atoms with Crippen molar-refractivity contribution in [1.29, 1.82) is 0 Å². The topological polar surface area (TPSA) is 13.0 Å². The molecule has 15 heavy (non-hydrogen) atoms. The zero-order chi connectivity index (χ0) is 12.2. The molecule has 0 atom stereocenters. The van der Waals surface area contributed by atoms with Gasteiger partial charge in [0.25, 0.3) is 0 Å². The van der Waals surface area contributed by atoms with Crippen LogP contribution >= 0.6 is 0 Å². The van der Waals surface area contributed by atoms with Crippen LogP contribution in [0.5, 0.6) is 0 Å². The van der Waals surface area contributed by atoms with Gasteiger partial charge in [-0.1, -0.05) is 0 Å². The fraction of sp³-hybridized carbons (Fsp3) is 0.727. The summed E-state index contributed by atoms with van der Waals surface area (Å²) in [4.78, 5) is 8.19. The van der Waals surface area contributed by atoms with E-state index in [0.717, 1.165) is 11.6 Å². The first kappa shape index (κ1) is 13.7. The first-order chi connectivity index (χ1) is 6.77. The fourth-order valence-electron chi connectivity index (χ4n) is 1.35. The molecule has 0 bridgehead atoms. The van der Waals surface area contributed by atoms with Crippen molar-refractivity contribution >= 4 is 0 Å². The maximum atomic E-state index is 3.39. The Morgan fingerprint density at radius 2 is 0.733 bits per heavy atom. The van der Waals surface area contributed by atoms with Gasteiger partial charge in [-0.2, -0.15) is 0 Å². The van der Waals surface area contributed by atoms with Crippen LogP contribution in [0.25, 0.3) is 0 Å². The second-order valence-electron chi connectivity index (χ2n) is 4.35. The lowest BCUT2D eigenvalue weighted by Gasteiger charge is -2.26. The molecule has 0 aliphatic rings. The van der Waals surface area contributed by atoms with Crippen molar-refractivity contribution < 1.29 is 0 Å². The van der Waals surface area contributed by atoms with Crippen molar-refractivity contribution in [2.24, 2.45) is 0 Å². The van der Waals surface area contributed by atoms with Gasteiger partial charge in [-0.3, -0.25) is 0 Å². The number of hydrogen-bond acceptors (Lipinski definition) is 4. The summed E-state index contributed by atoms with van der Waals surface area (Å²) in [6, 6.07) is 0. The van der Waals surface area contributed by atoms with Crippen molar-refractivity contribution in [3.63, 3.8) is 0 Å². The quantitative estimate of drug-likeness (QED) is 0.630. The van der Waals surface area contributed by atoms with E-state index in [-0.39, 0.29) is 0 Å². The molecule has 0 aromatic carbocycles. The van der Waals surface area contributed by atoms with Crippen LogP contribution in [0.15, 0.2) is 17.4 Å². The molecule has 0 heterocycles. The Kier molecular flexibility index (Phi) is 5.09. The molecule has 0 amide bonds. The van der Waals surface area contributed by atoms with Gasteiger partial charge in [0, 0.05) is 56.4 Å². The van der Waals surface area contributed by atoms with Crippen molar-refractivity contribution in [3.05, 3.63) is 17.4 Å². The van der Waals surface area contributed by atoms with Crippen LogP contribution < -0.4 is 0 Å². The lowest BCUT2D eigenvalue weighted by molar-refractivity contribution is 0.323. The minimum Gasteiger partial charge on any atom is -0.358 e. The highest BCUT2D eigenvalue weighted by Crippen LogP contribution is 2.05. The van der Waals surface area contributed by atoms with Gasteiger partial charge in [0.15, 0.2) is 11.6 Å². The van der Waals surface area contributed by atoms with E-state index >= 15 is 0 Å². The summed E-state index contributed by atoms with van der Waals surface area (Å²) >= 11 is 0. The zero-order valence-corrected chi connectivity index (χ0v) is 11.3. The molecule has 0 aromatic rings. The van der Waals surface area contributed by atoms with Gasteiger partial charge < -0.3 is 19.6 Å². The average molecular weight is 212 g/mol. The van der Waals surface area contributed by atoms with Crippen LogP contribution in [0, 0.1) is 0 Å². The molecule has 0 saturated heterocycles. The normalized spacial score (nSPS) is 9.07. The van der Waals surface area contributed by atoms with Crippen LogP contribution in [0.3, 0.4) is 0 Å². The summed E-state index contributed by atoms with van der Waals surface area (Å²) in [5, 5.41) is 0. The summed E-state index contributed by atoms with van der Waals surface area (Å²) in [7, 11) is 16.2. The predicted molar refractivity (Wildman–Crippen MR) is 65.3 cm³/mol. The highest BCUT2D eigenvalue weighted by molar-refractivity contribution is 5.04. The predicted octanol–water partition coefficient (Wildman–Crippen LogP) is 0.515. The van der Waals surface area contributed by atoms with Crippen LogP contribution in [0.4, 0.5) is 0 Å². The molecule has 0 fully saturated rings. The van der Waals surface area contributed by atoms with E-state index < -0.39 is 0 Å². The fourth-order valence-corrected chi connectivity index (χ4v) is 1.35. The molecular weight excluding hydrogens is 188 g/mol. The summed E-state index contributed by atoms with van der Waals surface area (Å²) in [6.07, 6.45) is 0. The Morgan fingerprint density at radius 3 is 0.867 bits per heavy atom. The van der Waals surface area contributed by atoms with Crippen molar-refractivity contribution in [1.82, 2.24) is 19.6 Å². The van der Waals surface area contributed by atoms with Crippen LogP contribution in [-0.2, 0) is 0 Å². The van der Waals surface area contributed by atoms with Gasteiger partial charge in [-0.15, -0.1) is 0 Å². The van der Waals surface area contributed by atoms with E-state index in [9.17, 15) is 0 Å². The summed E-state index contributed by atoms with van der Waals surface area (Å²) in [5.74, 6) is 2.10. The van der Waals surface area contributed by atoms with Crippen LogP contribution in [0.1, 0.15) is 0 Å². The average Bonchev–Trinajstić information content (AvgIpc) is 2.01. The van der Waals surface area contributed by atoms with Crippen molar-refractivity contribution in [2.45, 2.75) is 0 Å². The summed E-state index contributed by atoms with van der Waals surface area (Å²) < 4.78 is 0. The minimum atomic E-state index is 1.05. The molecule has 0 unspecified atom stereocenters. The largest absolute Gasteiger partial charge is 0.358 e. The lowest BCUT2D eigenvalue weighted by atomic mass is 10.5. The second-order valence-corrected chi connectivity index (χ2v) is 4.35. The molecule has 0 aliphatic carbocycles. The van der Waals surface area contributed by atoms with Crippen LogP contribution in [-0.4, -0.2) is 76.0 Å². The number of nitrogens with zero attached hydrogens (tertiary/aromatic N) is 4. The smallest absolute Gasteiger partial charge is 0.152 e. The SMILES string of the molecule is CN(C)C(=C=C(N(C)C)N(C)C)N(C)C. The molecule has 0 N–H and O–H groups in total. The molecule has 0 rings (SSSR count). The molecule has 0 saturated carbocycles. The second kappa shape index (κ2) is 5.56. The van der Waals surface area contributed by atoms with Gasteiger partial charge >= 0.3 is 0 Å². The van der Waals surface area contributed by atoms with Gasteiger partial charge in [-0.25, -0.2) is 0 Å². The lowest BCUT2D eigenvalue weighted by Crippen LogP contribution is -2.27. The first-order valence-corrected chi connectivity index (χ1v) is 4.97. The van der Waals surface area contributed by atoms with Crippen molar-refractivity contribution in [2.75, 3.05) is 56.4 Å².